The number of carbonyl (C=O) groups excluding carboxylic acids is 6. The number of alkyl carbamates (subject to hydrolysis) is 1. The zero-order valence-corrected chi connectivity index (χ0v) is 41.5. The van der Waals surface area contributed by atoms with Gasteiger partial charge in [-0.1, -0.05) is 62.4 Å². The summed E-state index contributed by atoms with van der Waals surface area (Å²) >= 11 is 0. The Morgan fingerprint density at radius 3 is 2.13 bits per heavy atom. The minimum absolute atomic E-state index is 0.0859. The molecule has 70 heavy (non-hydrogen) atoms. The normalized spacial score (nSPS) is 32.6. The van der Waals surface area contributed by atoms with Crippen LogP contribution in [0.2, 0.25) is 0 Å². The molecule has 2 heterocycles. The van der Waals surface area contributed by atoms with Crippen LogP contribution in [-0.2, 0) is 66.5 Å². The van der Waals surface area contributed by atoms with Crippen LogP contribution < -0.4 is 5.32 Å². The molecule has 3 aliphatic carbocycles. The van der Waals surface area contributed by atoms with Crippen LogP contribution in [0.1, 0.15) is 97.1 Å². The number of esters is 3. The summed E-state index contributed by atoms with van der Waals surface area (Å²) in [6.45, 7) is 14.0. The lowest BCUT2D eigenvalue weighted by Gasteiger charge is -2.67. The van der Waals surface area contributed by atoms with E-state index in [9.17, 15) is 24.3 Å². The number of amides is 1. The molecular weight excluding hydrogens is 915 g/mol. The molecule has 1 amide bonds. The molecule has 2 N–H and O–H groups in total. The van der Waals surface area contributed by atoms with Crippen molar-refractivity contribution < 1.29 is 86.0 Å². The summed E-state index contributed by atoms with van der Waals surface area (Å²) in [5.41, 5.74) is -7.64. The average Bonchev–Trinajstić information content (AvgIpc) is 3.64. The summed E-state index contributed by atoms with van der Waals surface area (Å²) in [4.78, 5) is 85.5. The topological polar surface area (TPSA) is 236 Å². The highest BCUT2D eigenvalue weighted by atomic mass is 16.8. The van der Waals surface area contributed by atoms with Crippen LogP contribution in [0.25, 0.3) is 0 Å². The fraction of sp³-hybridized carbons (Fsp3) is 0.608. The molecule has 0 spiro atoms. The molecule has 0 radical (unpaired) electrons. The van der Waals surface area contributed by atoms with E-state index in [0.29, 0.717) is 5.56 Å². The first-order chi connectivity index (χ1) is 32.8. The van der Waals surface area contributed by atoms with Gasteiger partial charge in [-0.2, -0.15) is 0 Å². The lowest BCUT2D eigenvalue weighted by Crippen LogP contribution is -2.81. The van der Waals surface area contributed by atoms with E-state index in [2.05, 4.69) is 5.32 Å². The van der Waals surface area contributed by atoms with Crippen molar-refractivity contribution in [1.82, 2.24) is 5.32 Å². The number of nitrogens with one attached hydrogen (secondary N) is 1. The number of Topliss-reactive ketones (excluding diaryl/α,β-unsaturated/α-hetero) is 1. The second-order valence-electron chi connectivity index (χ2n) is 20.7. The van der Waals surface area contributed by atoms with Crippen molar-refractivity contribution in [2.75, 3.05) is 34.0 Å². The highest BCUT2D eigenvalue weighted by molar-refractivity contribution is 5.94. The second kappa shape index (κ2) is 19.6. The molecular formula is C51H65NO18. The van der Waals surface area contributed by atoms with E-state index >= 15 is 9.59 Å². The van der Waals surface area contributed by atoms with Gasteiger partial charge >= 0.3 is 30.2 Å². The molecule has 0 aromatic heterocycles. The summed E-state index contributed by atoms with van der Waals surface area (Å²) in [7, 11) is 2.73. The van der Waals surface area contributed by atoms with Crippen LogP contribution in [0.15, 0.2) is 72.3 Å². The highest BCUT2D eigenvalue weighted by Gasteiger charge is 2.78. The van der Waals surface area contributed by atoms with E-state index in [1.54, 1.807) is 104 Å². The third-order valence-corrected chi connectivity index (χ3v) is 14.2. The molecule has 4 fully saturated rings. The number of carbonyl (C=O) groups is 6. The fourth-order valence-corrected chi connectivity index (χ4v) is 10.9. The van der Waals surface area contributed by atoms with Gasteiger partial charge in [-0.15, -0.1) is 0 Å². The standard InChI is InChI=1S/C51H65NO18/c1-28(53)68-50-27-63-35(50)23-34(60-10)49(9)39(50)41(67-42(55)30-20-16-13-17-21-30)51(59)24-31(22-33(47(51,5)6)37(61-11)40(49)54)65-43(56)38(66-45(58)62-25-32-26-64-48(7,8)69-32)36(29-18-14-12-15-19-29)52-44(57)70-46(2,3)4/h12-22,31-32,34-39,41,59H,23-27H2,1-11H3,(H,52,57)/t31-,32+,34+,35-,36+,37-,38-,39+,41+,49-,50+,51?/m1/s1. The summed E-state index contributed by atoms with van der Waals surface area (Å²) in [6, 6.07) is 14.7. The predicted octanol–water partition coefficient (Wildman–Crippen LogP) is 5.49. The molecule has 2 bridgehead atoms. The van der Waals surface area contributed by atoms with Crippen molar-refractivity contribution in [3.8, 4) is 0 Å². The Morgan fingerprint density at radius 1 is 0.914 bits per heavy atom. The summed E-state index contributed by atoms with van der Waals surface area (Å²) in [5, 5.41) is 16.5. The SMILES string of the molecule is CO[C@H]1C(=O)[C@]2(C)[C@@H](OC)C[C@H]3OC[C@@]3(OC(C)=O)[C@H]2[C@H](OC(=O)c2ccccc2)C2(O)C[C@H](OC(=O)[C@H](OC(=O)OC[C@H]3COC(C)(C)O3)[C@@H](NC(=O)OC(C)(C)C)c3ccccc3)C=C1C2(C)C. The number of hydrogen-bond acceptors (Lipinski definition) is 18. The lowest BCUT2D eigenvalue weighted by atomic mass is 9.45. The fourth-order valence-electron chi connectivity index (χ4n) is 10.9. The third-order valence-electron chi connectivity index (χ3n) is 14.2. The number of benzene rings is 2. The van der Waals surface area contributed by atoms with Crippen LogP contribution in [-0.4, -0.2) is 140 Å². The molecule has 2 aromatic rings. The number of hydrogen-bond donors (Lipinski definition) is 2. The molecule has 1 unspecified atom stereocenters. The van der Waals surface area contributed by atoms with Gasteiger partial charge in [0.25, 0.3) is 0 Å². The third kappa shape index (κ3) is 9.92. The Morgan fingerprint density at radius 2 is 1.57 bits per heavy atom. The Bertz CT molecular complexity index is 2330. The predicted molar refractivity (Wildman–Crippen MR) is 244 cm³/mol. The van der Waals surface area contributed by atoms with E-state index in [-0.39, 0.29) is 37.4 Å². The largest absolute Gasteiger partial charge is 0.509 e. The van der Waals surface area contributed by atoms with E-state index in [0.717, 1.165) is 0 Å². The number of methoxy groups -OCH3 is 2. The molecule has 7 rings (SSSR count). The highest BCUT2D eigenvalue weighted by Crippen LogP contribution is 2.64. The van der Waals surface area contributed by atoms with Crippen LogP contribution >= 0.6 is 0 Å². The smallest absolute Gasteiger partial charge is 0.455 e. The van der Waals surface area contributed by atoms with E-state index in [4.69, 9.17) is 52.1 Å². The van der Waals surface area contributed by atoms with Gasteiger partial charge in [-0.25, -0.2) is 19.2 Å². The number of fused-ring (bicyclic) bond motifs is 5. The maximum Gasteiger partial charge on any atom is 0.509 e. The van der Waals surface area contributed by atoms with Crippen molar-refractivity contribution in [3.05, 3.63) is 83.4 Å². The Labute approximate surface area is 407 Å². The summed E-state index contributed by atoms with van der Waals surface area (Å²) in [6.07, 6.45) is -10.4. The van der Waals surface area contributed by atoms with Crippen LogP contribution in [0.3, 0.4) is 0 Å². The maximum absolute atomic E-state index is 15.7. The molecule has 2 saturated heterocycles. The molecule has 5 aliphatic rings. The van der Waals surface area contributed by atoms with Crippen molar-refractivity contribution in [2.45, 2.75) is 147 Å². The van der Waals surface area contributed by atoms with E-state index < -0.39 is 130 Å². The number of rotatable bonds is 13. The lowest BCUT2D eigenvalue weighted by molar-refractivity contribution is -0.347. The van der Waals surface area contributed by atoms with Crippen LogP contribution in [0, 0.1) is 16.7 Å². The minimum atomic E-state index is -2.31. The zero-order chi connectivity index (χ0) is 51.2. The first kappa shape index (κ1) is 52.4. The number of ether oxygens (including phenoxy) is 11. The van der Waals surface area contributed by atoms with Gasteiger partial charge in [0.2, 0.25) is 6.10 Å². The van der Waals surface area contributed by atoms with Crippen molar-refractivity contribution in [1.29, 1.82) is 0 Å². The van der Waals surface area contributed by atoms with Gasteiger partial charge in [0.05, 0.1) is 36.2 Å². The van der Waals surface area contributed by atoms with E-state index in [1.807, 2.05) is 0 Å². The van der Waals surface area contributed by atoms with Gasteiger partial charge in [0.15, 0.2) is 17.2 Å². The molecule has 2 aromatic carbocycles. The van der Waals surface area contributed by atoms with Crippen molar-refractivity contribution in [2.24, 2.45) is 16.7 Å². The summed E-state index contributed by atoms with van der Waals surface area (Å²) < 4.78 is 65.3. The molecule has 2 aliphatic heterocycles. The second-order valence-corrected chi connectivity index (χ2v) is 20.7. The molecule has 2 saturated carbocycles. The van der Waals surface area contributed by atoms with Gasteiger partial charge in [-0.3, -0.25) is 9.59 Å². The Balaban J connectivity index is 1.35. The maximum atomic E-state index is 15.7. The first-order valence-corrected chi connectivity index (χ1v) is 23.3. The molecule has 12 atom stereocenters. The number of ketones is 1. The van der Waals surface area contributed by atoms with Crippen molar-refractivity contribution in [3.63, 3.8) is 0 Å². The quantitative estimate of drug-likeness (QED) is 0.143. The zero-order valence-electron chi connectivity index (χ0n) is 41.5. The average molecular weight is 980 g/mol. The molecule has 382 valence electrons. The summed E-state index contributed by atoms with van der Waals surface area (Å²) in [5.74, 6) is -5.70. The first-order valence-electron chi connectivity index (χ1n) is 23.3. The van der Waals surface area contributed by atoms with Gasteiger partial charge in [-0.05, 0) is 70.9 Å². The number of aliphatic hydroxyl groups is 1. The van der Waals surface area contributed by atoms with Crippen LogP contribution in [0.5, 0.6) is 0 Å². The van der Waals surface area contributed by atoms with Gasteiger partial charge < -0.3 is 62.5 Å². The Kier molecular flexibility index (Phi) is 14.7. The minimum Gasteiger partial charge on any atom is -0.455 e. The Hall–Kier alpha value is -5.44. The molecule has 19 heteroatoms. The van der Waals surface area contributed by atoms with Crippen LogP contribution in [0.4, 0.5) is 9.59 Å². The van der Waals surface area contributed by atoms with Gasteiger partial charge in [0, 0.05) is 39.4 Å². The molecule has 19 nitrogen and oxygen atoms in total. The van der Waals surface area contributed by atoms with Crippen molar-refractivity contribution >= 4 is 35.9 Å². The van der Waals surface area contributed by atoms with E-state index in [1.165, 1.54) is 39.4 Å². The van der Waals surface area contributed by atoms with Gasteiger partial charge in [0.1, 0.15) is 54.4 Å². The monoisotopic (exact) mass is 979 g/mol.